The van der Waals surface area contributed by atoms with Gasteiger partial charge in [0.15, 0.2) is 0 Å². The van der Waals surface area contributed by atoms with Crippen molar-refractivity contribution in [2.24, 2.45) is 0 Å². The minimum Gasteiger partial charge on any atom is -0.431 e. The molecule has 4 heteroatoms. The van der Waals surface area contributed by atoms with Gasteiger partial charge >= 0.3 is 5.97 Å². The number of hydrogen-bond donors (Lipinski definition) is 0. The van der Waals surface area contributed by atoms with Crippen LogP contribution in [0.3, 0.4) is 0 Å². The van der Waals surface area contributed by atoms with E-state index in [9.17, 15) is 4.79 Å². The normalized spacial score (nSPS) is 9.38. The molecule has 3 nitrogen and oxygen atoms in total. The van der Waals surface area contributed by atoms with Crippen LogP contribution in [0.4, 0.5) is 0 Å². The molecule has 1 aromatic rings. The van der Waals surface area contributed by atoms with Crippen LogP contribution in [0.5, 0.6) is 0 Å². The van der Waals surface area contributed by atoms with Crippen molar-refractivity contribution in [1.29, 1.82) is 0 Å². The highest BCUT2D eigenvalue weighted by molar-refractivity contribution is 6.32. The van der Waals surface area contributed by atoms with E-state index >= 15 is 0 Å². The predicted molar refractivity (Wildman–Crippen MR) is 49.6 cm³/mol. The molecule has 0 aromatic carbocycles. The Morgan fingerprint density at radius 3 is 3.08 bits per heavy atom. The lowest BCUT2D eigenvalue weighted by Crippen LogP contribution is -2.02. The zero-order valence-corrected chi connectivity index (χ0v) is 7.84. The van der Waals surface area contributed by atoms with E-state index in [0.717, 1.165) is 11.8 Å². The van der Waals surface area contributed by atoms with Crippen LogP contribution >= 0.6 is 11.6 Å². The number of rotatable bonds is 2. The summed E-state index contributed by atoms with van der Waals surface area (Å²) in [5.74, 6) is -0.545. The van der Waals surface area contributed by atoms with Gasteiger partial charge in [-0.3, -0.25) is 0 Å². The average molecular weight is 198 g/mol. The van der Waals surface area contributed by atoms with Crippen LogP contribution in [0.2, 0.25) is 5.15 Å². The van der Waals surface area contributed by atoms with Gasteiger partial charge in [-0.05, 0) is 18.6 Å². The molecule has 0 N–H and O–H groups in total. The Hall–Kier alpha value is -1.35. The number of hydrogen-bond acceptors (Lipinski definition) is 3. The second kappa shape index (κ2) is 4.05. The first kappa shape index (κ1) is 9.74. The number of aromatic nitrogens is 1. The molecular formula is C9H8ClNO2. The number of esters is 1. The van der Waals surface area contributed by atoms with Gasteiger partial charge in [0.25, 0.3) is 0 Å². The highest BCUT2D eigenvalue weighted by Crippen LogP contribution is 2.14. The minimum absolute atomic E-state index is 0.137. The maximum Gasteiger partial charge on any atom is 0.346 e. The van der Waals surface area contributed by atoms with Crippen LogP contribution < -0.4 is 0 Å². The summed E-state index contributed by atoms with van der Waals surface area (Å²) in [6, 6.07) is 1.61. The fraction of sp³-hybridized carbons (Fsp3) is 0.111. The maximum atomic E-state index is 11.2. The third-order valence-electron chi connectivity index (χ3n) is 1.39. The predicted octanol–water partition coefficient (Wildman–Crippen LogP) is 2.34. The van der Waals surface area contributed by atoms with Crippen molar-refractivity contribution in [1.82, 2.24) is 4.98 Å². The van der Waals surface area contributed by atoms with Crippen LogP contribution in [-0.4, -0.2) is 11.0 Å². The lowest BCUT2D eigenvalue weighted by molar-refractivity contribution is 0.0664. The van der Waals surface area contributed by atoms with E-state index in [1.807, 2.05) is 6.92 Å². The second-order valence-corrected chi connectivity index (χ2v) is 2.78. The molecular weight excluding hydrogens is 190 g/mol. The summed E-state index contributed by atoms with van der Waals surface area (Å²) in [5.41, 5.74) is 1.10. The van der Waals surface area contributed by atoms with Crippen molar-refractivity contribution in [2.75, 3.05) is 0 Å². The third-order valence-corrected chi connectivity index (χ3v) is 1.69. The van der Waals surface area contributed by atoms with Gasteiger partial charge in [-0.1, -0.05) is 18.2 Å². The molecule has 0 atom stereocenters. The molecule has 13 heavy (non-hydrogen) atoms. The van der Waals surface area contributed by atoms with Gasteiger partial charge in [0.05, 0.1) is 11.8 Å². The Morgan fingerprint density at radius 2 is 2.46 bits per heavy atom. The van der Waals surface area contributed by atoms with Gasteiger partial charge in [-0.25, -0.2) is 9.78 Å². The average Bonchev–Trinajstić information content (AvgIpc) is 2.09. The van der Waals surface area contributed by atoms with E-state index < -0.39 is 5.97 Å². The summed E-state index contributed by atoms with van der Waals surface area (Å²) in [4.78, 5) is 15.0. The maximum absolute atomic E-state index is 11.2. The Morgan fingerprint density at radius 1 is 1.77 bits per heavy atom. The monoisotopic (exact) mass is 197 g/mol. The summed E-state index contributed by atoms with van der Waals surface area (Å²) in [5, 5.41) is 0.137. The largest absolute Gasteiger partial charge is 0.431 e. The van der Waals surface area contributed by atoms with Crippen LogP contribution in [0.15, 0.2) is 25.1 Å². The molecule has 0 aliphatic heterocycles. The number of nitrogens with zero attached hydrogens (tertiary/aromatic N) is 1. The molecule has 1 heterocycles. The van der Waals surface area contributed by atoms with E-state index in [1.54, 1.807) is 12.3 Å². The zero-order valence-electron chi connectivity index (χ0n) is 7.08. The van der Waals surface area contributed by atoms with Crippen LogP contribution in [0.25, 0.3) is 0 Å². The molecule has 0 bridgehead atoms. The molecule has 0 radical (unpaired) electrons. The number of halogens is 1. The quantitative estimate of drug-likeness (QED) is 0.415. The zero-order chi connectivity index (χ0) is 9.84. The van der Waals surface area contributed by atoms with Crippen LogP contribution in [-0.2, 0) is 4.74 Å². The molecule has 0 fully saturated rings. The molecule has 0 aliphatic carbocycles. The molecule has 1 aromatic heterocycles. The molecule has 1 rings (SSSR count). The number of aryl methyl sites for hydroxylation is 1. The van der Waals surface area contributed by atoms with Crippen molar-refractivity contribution >= 4 is 17.6 Å². The topological polar surface area (TPSA) is 39.2 Å². The van der Waals surface area contributed by atoms with Gasteiger partial charge in [0.2, 0.25) is 0 Å². The smallest absolute Gasteiger partial charge is 0.346 e. The minimum atomic E-state index is -0.545. The van der Waals surface area contributed by atoms with E-state index in [1.165, 1.54) is 0 Å². The van der Waals surface area contributed by atoms with Gasteiger partial charge in [0, 0.05) is 6.20 Å². The molecule has 0 spiro atoms. The Bertz CT molecular complexity index is 349. The fourth-order valence-electron chi connectivity index (χ4n) is 0.835. The summed E-state index contributed by atoms with van der Waals surface area (Å²) in [7, 11) is 0. The Labute approximate surface area is 81.0 Å². The Kier molecular flexibility index (Phi) is 3.03. The van der Waals surface area contributed by atoms with Crippen LogP contribution in [0, 0.1) is 6.92 Å². The first-order valence-corrected chi connectivity index (χ1v) is 3.97. The van der Waals surface area contributed by atoms with Crippen molar-refractivity contribution < 1.29 is 9.53 Å². The lowest BCUT2D eigenvalue weighted by atomic mass is 10.2. The first-order valence-electron chi connectivity index (χ1n) is 3.59. The number of pyridine rings is 1. The summed E-state index contributed by atoms with van der Waals surface area (Å²) >= 11 is 5.68. The molecule has 0 amide bonds. The first-order chi connectivity index (χ1) is 6.15. The van der Waals surface area contributed by atoms with E-state index in [-0.39, 0.29) is 10.7 Å². The van der Waals surface area contributed by atoms with Crippen molar-refractivity contribution in [3.05, 3.63) is 41.4 Å². The van der Waals surface area contributed by atoms with Gasteiger partial charge in [-0.15, -0.1) is 0 Å². The van der Waals surface area contributed by atoms with Gasteiger partial charge in [-0.2, -0.15) is 0 Å². The SMILES string of the molecule is C=COC(=O)c1cc(C)cnc1Cl. The van der Waals surface area contributed by atoms with Crippen molar-refractivity contribution in [3.8, 4) is 0 Å². The van der Waals surface area contributed by atoms with E-state index in [0.29, 0.717) is 0 Å². The number of carbonyl (C=O) groups excluding carboxylic acids is 1. The van der Waals surface area contributed by atoms with Gasteiger partial charge in [0.1, 0.15) is 5.15 Å². The summed E-state index contributed by atoms with van der Waals surface area (Å²) in [6.45, 7) is 5.09. The standard InChI is InChI=1S/C9H8ClNO2/c1-3-13-9(12)7-4-6(2)5-11-8(7)10/h3-5H,1H2,2H3. The number of carbonyl (C=O) groups is 1. The molecule has 0 saturated carbocycles. The van der Waals surface area contributed by atoms with Crippen molar-refractivity contribution in [2.45, 2.75) is 6.92 Å². The third kappa shape index (κ3) is 2.29. The summed E-state index contributed by atoms with van der Waals surface area (Å²) in [6.07, 6.45) is 2.63. The number of ether oxygens (including phenoxy) is 1. The highest BCUT2D eigenvalue weighted by atomic mass is 35.5. The lowest BCUT2D eigenvalue weighted by Gasteiger charge is -2.01. The van der Waals surface area contributed by atoms with Crippen LogP contribution in [0.1, 0.15) is 15.9 Å². The molecule has 0 saturated heterocycles. The molecule has 0 unspecified atom stereocenters. The second-order valence-electron chi connectivity index (χ2n) is 2.42. The highest BCUT2D eigenvalue weighted by Gasteiger charge is 2.11. The van der Waals surface area contributed by atoms with Crippen molar-refractivity contribution in [3.63, 3.8) is 0 Å². The Balaban J connectivity index is 3.05. The summed E-state index contributed by atoms with van der Waals surface area (Å²) < 4.78 is 4.56. The molecule has 0 aliphatic rings. The fourth-order valence-corrected chi connectivity index (χ4v) is 1.02. The molecule has 68 valence electrons. The van der Waals surface area contributed by atoms with E-state index in [4.69, 9.17) is 11.6 Å². The van der Waals surface area contributed by atoms with Gasteiger partial charge < -0.3 is 4.74 Å². The van der Waals surface area contributed by atoms with E-state index in [2.05, 4.69) is 16.3 Å².